The fraction of sp³-hybridized carbons (Fsp3) is 0.400. The van der Waals surface area contributed by atoms with Gasteiger partial charge in [0.05, 0.1) is 12.7 Å². The number of aliphatic hydroxyl groups is 1. The molecule has 13 heavy (non-hydrogen) atoms. The molecule has 1 atom stereocenters. The number of nitrogens with two attached hydrogens (primary N) is 1. The molecule has 0 aliphatic carbocycles. The molecule has 0 fully saturated rings. The minimum atomic E-state index is -0.559. The van der Waals surface area contributed by atoms with E-state index in [1.165, 1.54) is 0 Å². The molecule has 0 saturated heterocycles. The summed E-state index contributed by atoms with van der Waals surface area (Å²) in [4.78, 5) is 0. The summed E-state index contributed by atoms with van der Waals surface area (Å²) in [6, 6.07) is 5.72. The van der Waals surface area contributed by atoms with Gasteiger partial charge in [-0.25, -0.2) is 0 Å². The van der Waals surface area contributed by atoms with Gasteiger partial charge in [0.25, 0.3) is 0 Å². The molecule has 0 bridgehead atoms. The first-order valence-corrected chi connectivity index (χ1v) is 4.45. The number of fused-ring (bicyclic) bond motifs is 1. The van der Waals surface area contributed by atoms with Gasteiger partial charge in [0.2, 0.25) is 0 Å². The lowest BCUT2D eigenvalue weighted by molar-refractivity contribution is 0.186. The van der Waals surface area contributed by atoms with Gasteiger partial charge >= 0.3 is 0 Å². The van der Waals surface area contributed by atoms with Crippen LogP contribution < -0.4 is 10.5 Å². The highest BCUT2D eigenvalue weighted by Crippen LogP contribution is 2.31. The summed E-state index contributed by atoms with van der Waals surface area (Å²) in [6.45, 7) is 0.972. The Kier molecular flexibility index (Phi) is 2.20. The van der Waals surface area contributed by atoms with Gasteiger partial charge in [-0.15, -0.1) is 0 Å². The molecule has 1 aromatic carbocycles. The van der Waals surface area contributed by atoms with Gasteiger partial charge in [-0.3, -0.25) is 0 Å². The van der Waals surface area contributed by atoms with Crippen molar-refractivity contribution < 1.29 is 9.84 Å². The molecule has 0 amide bonds. The molecule has 70 valence electrons. The Morgan fingerprint density at radius 1 is 1.54 bits per heavy atom. The van der Waals surface area contributed by atoms with Crippen molar-refractivity contribution in [3.05, 3.63) is 29.3 Å². The van der Waals surface area contributed by atoms with E-state index in [-0.39, 0.29) is 6.54 Å². The highest BCUT2D eigenvalue weighted by molar-refractivity contribution is 5.43. The Hall–Kier alpha value is -1.06. The van der Waals surface area contributed by atoms with Crippen LogP contribution in [0.1, 0.15) is 17.2 Å². The second-order valence-corrected chi connectivity index (χ2v) is 3.17. The maximum absolute atomic E-state index is 9.61. The summed E-state index contributed by atoms with van der Waals surface area (Å²) >= 11 is 0. The van der Waals surface area contributed by atoms with Crippen LogP contribution in [0.2, 0.25) is 0 Å². The number of ether oxygens (including phenoxy) is 1. The zero-order valence-corrected chi connectivity index (χ0v) is 7.36. The van der Waals surface area contributed by atoms with Crippen LogP contribution in [0.15, 0.2) is 18.2 Å². The molecule has 0 aromatic heterocycles. The van der Waals surface area contributed by atoms with Crippen molar-refractivity contribution >= 4 is 0 Å². The number of hydrogen-bond acceptors (Lipinski definition) is 3. The van der Waals surface area contributed by atoms with Gasteiger partial charge < -0.3 is 15.6 Å². The van der Waals surface area contributed by atoms with E-state index in [0.717, 1.165) is 23.3 Å². The molecule has 2 rings (SSSR count). The molecule has 3 N–H and O–H groups in total. The maximum Gasteiger partial charge on any atom is 0.122 e. The number of rotatable bonds is 2. The fourth-order valence-corrected chi connectivity index (χ4v) is 1.69. The topological polar surface area (TPSA) is 55.5 Å². The van der Waals surface area contributed by atoms with E-state index < -0.39 is 6.10 Å². The highest BCUT2D eigenvalue weighted by atomic mass is 16.5. The van der Waals surface area contributed by atoms with Crippen LogP contribution in [0.5, 0.6) is 5.75 Å². The van der Waals surface area contributed by atoms with Crippen LogP contribution in [0, 0.1) is 0 Å². The van der Waals surface area contributed by atoms with E-state index in [4.69, 9.17) is 10.5 Å². The van der Waals surface area contributed by atoms with E-state index in [2.05, 4.69) is 0 Å². The Morgan fingerprint density at radius 3 is 3.15 bits per heavy atom. The third-order valence-corrected chi connectivity index (χ3v) is 2.36. The smallest absolute Gasteiger partial charge is 0.122 e. The molecule has 0 unspecified atom stereocenters. The third kappa shape index (κ3) is 1.41. The average molecular weight is 179 g/mol. The molecular weight excluding hydrogens is 166 g/mol. The van der Waals surface area contributed by atoms with Crippen LogP contribution in [-0.2, 0) is 6.42 Å². The number of benzene rings is 1. The van der Waals surface area contributed by atoms with Crippen LogP contribution >= 0.6 is 0 Å². The minimum Gasteiger partial charge on any atom is -0.493 e. The van der Waals surface area contributed by atoms with Crippen molar-refractivity contribution in [1.82, 2.24) is 0 Å². The summed E-state index contributed by atoms with van der Waals surface area (Å²) in [5.74, 6) is 0.894. The van der Waals surface area contributed by atoms with Gasteiger partial charge in [0.1, 0.15) is 5.75 Å². The molecule has 1 aliphatic heterocycles. The molecular formula is C10H13NO2. The predicted octanol–water partition coefficient (Wildman–Crippen LogP) is 0.614. The minimum absolute atomic E-state index is 0.260. The van der Waals surface area contributed by atoms with Crippen molar-refractivity contribution in [2.45, 2.75) is 12.5 Å². The summed E-state index contributed by atoms with van der Waals surface area (Å²) < 4.78 is 5.38. The van der Waals surface area contributed by atoms with Gasteiger partial charge in [-0.1, -0.05) is 12.1 Å². The monoisotopic (exact) mass is 179 g/mol. The standard InChI is InChI=1S/C10H13NO2/c11-6-9(12)7-2-1-3-10-8(7)4-5-13-10/h1-3,9,12H,4-6,11H2/t9-/m0/s1. The Labute approximate surface area is 77.1 Å². The zero-order valence-electron chi connectivity index (χ0n) is 7.36. The normalized spacial score (nSPS) is 16.5. The predicted molar refractivity (Wildman–Crippen MR) is 49.7 cm³/mol. The van der Waals surface area contributed by atoms with Crippen molar-refractivity contribution in [2.24, 2.45) is 5.73 Å². The molecule has 0 saturated carbocycles. The van der Waals surface area contributed by atoms with Gasteiger partial charge in [0, 0.05) is 18.5 Å². The Balaban J connectivity index is 2.41. The van der Waals surface area contributed by atoms with E-state index in [1.807, 2.05) is 18.2 Å². The largest absolute Gasteiger partial charge is 0.493 e. The lowest BCUT2D eigenvalue weighted by atomic mass is 10.0. The molecule has 1 aliphatic rings. The Bertz CT molecular complexity index is 312. The lowest BCUT2D eigenvalue weighted by Gasteiger charge is -2.11. The van der Waals surface area contributed by atoms with Crippen LogP contribution in [-0.4, -0.2) is 18.3 Å². The third-order valence-electron chi connectivity index (χ3n) is 2.36. The molecule has 0 spiro atoms. The van der Waals surface area contributed by atoms with Crippen LogP contribution in [0.3, 0.4) is 0 Å². The molecule has 3 heteroatoms. The van der Waals surface area contributed by atoms with Gasteiger partial charge in [0.15, 0.2) is 0 Å². The SMILES string of the molecule is NC[C@H](O)c1cccc2c1CCO2. The van der Waals surface area contributed by atoms with E-state index in [1.54, 1.807) is 0 Å². The second-order valence-electron chi connectivity index (χ2n) is 3.17. The summed E-state index contributed by atoms with van der Waals surface area (Å²) in [7, 11) is 0. The van der Waals surface area contributed by atoms with Crippen LogP contribution in [0.25, 0.3) is 0 Å². The van der Waals surface area contributed by atoms with Gasteiger partial charge in [-0.2, -0.15) is 0 Å². The van der Waals surface area contributed by atoms with Crippen molar-refractivity contribution in [1.29, 1.82) is 0 Å². The first kappa shape index (κ1) is 8.53. The number of hydrogen-bond donors (Lipinski definition) is 2. The van der Waals surface area contributed by atoms with Gasteiger partial charge in [-0.05, 0) is 11.6 Å². The summed E-state index contributed by atoms with van der Waals surface area (Å²) in [5.41, 5.74) is 7.43. The lowest BCUT2D eigenvalue weighted by Crippen LogP contribution is -2.12. The molecule has 0 radical (unpaired) electrons. The van der Waals surface area contributed by atoms with Crippen molar-refractivity contribution in [2.75, 3.05) is 13.2 Å². The fourth-order valence-electron chi connectivity index (χ4n) is 1.69. The van der Waals surface area contributed by atoms with E-state index in [0.29, 0.717) is 6.61 Å². The van der Waals surface area contributed by atoms with Crippen molar-refractivity contribution in [3.63, 3.8) is 0 Å². The molecule has 3 nitrogen and oxygen atoms in total. The zero-order chi connectivity index (χ0) is 9.26. The number of aliphatic hydroxyl groups excluding tert-OH is 1. The summed E-state index contributed by atoms with van der Waals surface area (Å²) in [5, 5.41) is 9.61. The second kappa shape index (κ2) is 3.36. The van der Waals surface area contributed by atoms with Crippen LogP contribution in [0.4, 0.5) is 0 Å². The summed E-state index contributed by atoms with van der Waals surface area (Å²) in [6.07, 6.45) is 0.319. The first-order valence-electron chi connectivity index (χ1n) is 4.45. The molecule has 1 aromatic rings. The maximum atomic E-state index is 9.61. The Morgan fingerprint density at radius 2 is 2.38 bits per heavy atom. The van der Waals surface area contributed by atoms with Crippen molar-refractivity contribution in [3.8, 4) is 5.75 Å². The highest BCUT2D eigenvalue weighted by Gasteiger charge is 2.18. The van der Waals surface area contributed by atoms with E-state index in [9.17, 15) is 5.11 Å². The quantitative estimate of drug-likeness (QED) is 0.699. The first-order chi connectivity index (χ1) is 6.33. The molecule has 1 heterocycles. The average Bonchev–Trinajstić information content (AvgIpc) is 2.63. The van der Waals surface area contributed by atoms with E-state index >= 15 is 0 Å².